The fourth-order valence-electron chi connectivity index (χ4n) is 5.52. The zero-order valence-corrected chi connectivity index (χ0v) is 35.4. The molecule has 0 aliphatic rings. The molecule has 350 valence electrons. The van der Waals surface area contributed by atoms with E-state index in [4.69, 9.17) is 22.9 Å². The number of nitrogens with zero attached hydrogens (tertiary/aromatic N) is 1. The van der Waals surface area contributed by atoms with Crippen LogP contribution >= 0.6 is 0 Å². The van der Waals surface area contributed by atoms with Crippen LogP contribution in [-0.4, -0.2) is 142 Å². The van der Waals surface area contributed by atoms with Crippen LogP contribution in [0.5, 0.6) is 0 Å². The Morgan fingerprint density at radius 2 is 0.952 bits per heavy atom. The second-order valence-electron chi connectivity index (χ2n) is 15.1. The number of aliphatic carboxylic acids is 3. The summed E-state index contributed by atoms with van der Waals surface area (Å²) in [6.45, 7) is 7.53. The molecular formula is C36H62N12O14. The number of hydrogen-bond acceptors (Lipinski definition) is 13. The molecule has 0 aliphatic heterocycles. The number of hydrogen-bond donors (Lipinski definition) is 14. The van der Waals surface area contributed by atoms with E-state index in [9.17, 15) is 68.1 Å². The number of carboxylic acids is 3. The Morgan fingerprint density at radius 3 is 1.37 bits per heavy atom. The minimum absolute atomic E-state index is 0.0148. The zero-order valence-electron chi connectivity index (χ0n) is 35.4. The third-order valence-corrected chi connectivity index (χ3v) is 8.53. The smallest absolute Gasteiger partial charge is 0.326 e. The summed E-state index contributed by atoms with van der Waals surface area (Å²) in [4.78, 5) is 142. The Bertz CT molecular complexity index is 1650. The van der Waals surface area contributed by atoms with Crippen LogP contribution in [0.1, 0.15) is 86.0 Å². The summed E-state index contributed by atoms with van der Waals surface area (Å²) < 4.78 is 0. The van der Waals surface area contributed by atoms with Crippen molar-refractivity contribution >= 4 is 71.1 Å². The van der Waals surface area contributed by atoms with Crippen LogP contribution in [0.15, 0.2) is 4.99 Å². The van der Waals surface area contributed by atoms with Gasteiger partial charge in [-0.25, -0.2) is 4.79 Å². The predicted octanol–water partition coefficient (Wildman–Crippen LogP) is -5.20. The molecule has 18 N–H and O–H groups in total. The van der Waals surface area contributed by atoms with E-state index in [-0.39, 0.29) is 50.0 Å². The van der Waals surface area contributed by atoms with Crippen LogP contribution in [0.25, 0.3) is 0 Å². The molecule has 26 nitrogen and oxygen atoms in total. The van der Waals surface area contributed by atoms with Crippen molar-refractivity contribution in [3.8, 4) is 0 Å². The van der Waals surface area contributed by atoms with Crippen molar-refractivity contribution in [2.45, 2.75) is 128 Å². The van der Waals surface area contributed by atoms with Crippen molar-refractivity contribution < 1.29 is 68.1 Å². The van der Waals surface area contributed by atoms with Crippen molar-refractivity contribution in [2.75, 3.05) is 13.1 Å². The van der Waals surface area contributed by atoms with Gasteiger partial charge in [-0.1, -0.05) is 27.7 Å². The van der Waals surface area contributed by atoms with Gasteiger partial charge in [-0.05, 0) is 50.9 Å². The van der Waals surface area contributed by atoms with Crippen molar-refractivity contribution in [3.63, 3.8) is 0 Å². The van der Waals surface area contributed by atoms with Gasteiger partial charge >= 0.3 is 17.9 Å². The van der Waals surface area contributed by atoms with Gasteiger partial charge in [0.1, 0.15) is 42.3 Å². The van der Waals surface area contributed by atoms with Gasteiger partial charge in [0.25, 0.3) is 0 Å². The molecule has 0 fully saturated rings. The van der Waals surface area contributed by atoms with Gasteiger partial charge in [0, 0.05) is 13.0 Å². The topological polar surface area (TPSA) is 449 Å². The van der Waals surface area contributed by atoms with Crippen molar-refractivity contribution in [1.82, 2.24) is 37.2 Å². The number of carbonyl (C=O) groups is 11. The minimum Gasteiger partial charge on any atom is -0.481 e. The molecule has 0 saturated heterocycles. The van der Waals surface area contributed by atoms with Crippen LogP contribution in [-0.2, 0) is 52.7 Å². The Kier molecular flexibility index (Phi) is 25.0. The van der Waals surface area contributed by atoms with Crippen LogP contribution < -0.4 is 60.2 Å². The lowest BCUT2D eigenvalue weighted by molar-refractivity contribution is -0.144. The first-order chi connectivity index (χ1) is 28.8. The van der Waals surface area contributed by atoms with Crippen LogP contribution in [0.4, 0.5) is 0 Å². The highest BCUT2D eigenvalue weighted by Crippen LogP contribution is 2.11. The van der Waals surface area contributed by atoms with E-state index in [1.807, 2.05) is 0 Å². The molecule has 0 heterocycles. The molecule has 0 aromatic heterocycles. The van der Waals surface area contributed by atoms with Crippen LogP contribution in [0.3, 0.4) is 0 Å². The fraction of sp³-hybridized carbons (Fsp3) is 0.667. The summed E-state index contributed by atoms with van der Waals surface area (Å²) in [5, 5.41) is 44.4. The molecule has 0 radical (unpaired) electrons. The lowest BCUT2D eigenvalue weighted by atomic mass is 9.99. The minimum atomic E-state index is -1.78. The van der Waals surface area contributed by atoms with E-state index in [0.717, 1.165) is 0 Å². The molecule has 0 bridgehead atoms. The van der Waals surface area contributed by atoms with Gasteiger partial charge in [-0.2, -0.15) is 0 Å². The number of guanidine groups is 1. The Labute approximate surface area is 357 Å². The second kappa shape index (κ2) is 28.0. The predicted molar refractivity (Wildman–Crippen MR) is 218 cm³/mol. The molecule has 0 unspecified atom stereocenters. The molecular weight excluding hydrogens is 824 g/mol. The molecule has 0 rings (SSSR count). The van der Waals surface area contributed by atoms with Crippen LogP contribution in [0.2, 0.25) is 0 Å². The van der Waals surface area contributed by atoms with Crippen molar-refractivity contribution in [2.24, 2.45) is 39.8 Å². The van der Waals surface area contributed by atoms with Gasteiger partial charge in [-0.15, -0.1) is 0 Å². The van der Waals surface area contributed by atoms with Gasteiger partial charge < -0.3 is 75.5 Å². The van der Waals surface area contributed by atoms with E-state index < -0.39 is 140 Å². The summed E-state index contributed by atoms with van der Waals surface area (Å²) >= 11 is 0. The summed E-state index contributed by atoms with van der Waals surface area (Å²) in [7, 11) is 0. The van der Waals surface area contributed by atoms with Crippen molar-refractivity contribution in [1.29, 1.82) is 0 Å². The first-order valence-corrected chi connectivity index (χ1v) is 19.6. The zero-order chi connectivity index (χ0) is 47.9. The molecule has 62 heavy (non-hydrogen) atoms. The Hall–Kier alpha value is -6.60. The number of nitrogens with one attached hydrogen (secondary N) is 7. The summed E-state index contributed by atoms with van der Waals surface area (Å²) in [5.41, 5.74) is 21.0. The summed E-state index contributed by atoms with van der Waals surface area (Å²) in [6.07, 6.45) is -2.97. The van der Waals surface area contributed by atoms with Crippen LogP contribution in [0, 0.1) is 11.8 Å². The summed E-state index contributed by atoms with van der Waals surface area (Å²) in [6, 6.07) is -10.6. The lowest BCUT2D eigenvalue weighted by Crippen LogP contribution is -2.60. The highest BCUT2D eigenvalue weighted by molar-refractivity contribution is 5.98. The average Bonchev–Trinajstić information content (AvgIpc) is 3.14. The maximum absolute atomic E-state index is 13.8. The number of rotatable bonds is 30. The lowest BCUT2D eigenvalue weighted by Gasteiger charge is -2.28. The fourth-order valence-corrected chi connectivity index (χ4v) is 5.52. The maximum atomic E-state index is 13.8. The first-order valence-electron chi connectivity index (χ1n) is 19.6. The monoisotopic (exact) mass is 886 g/mol. The van der Waals surface area contributed by atoms with E-state index in [1.165, 1.54) is 6.92 Å². The third-order valence-electron chi connectivity index (χ3n) is 8.53. The Balaban J connectivity index is 6.44. The standard InChI is InChI=1S/C36H62N12O14/c1-16(2)11-21(46-29(55)18(5)42-32(58)23(14-28(53)54)43-26(50)15-37)34(60)47-22(12-17(3)4)33(59)45-20(8-9-27(51)52)31(57)44-19(7-6-10-41-36(39)40)30(56)48-24(35(61)62)13-25(38)49/h16-24H,6-15,37H2,1-5H3,(H2,38,49)(H,42,58)(H,43,50)(H,44,57)(H,45,59)(H,46,55)(H,47,60)(H,48,56)(H,51,52)(H,53,54)(H,61,62)(H4,39,40,41)/t18-,19-,20-,21-,22-,23-,24-/m0/s1. The number of nitrogens with two attached hydrogens (primary N) is 4. The normalized spacial score (nSPS) is 14.3. The first kappa shape index (κ1) is 55.4. The Morgan fingerprint density at radius 1 is 0.516 bits per heavy atom. The highest BCUT2D eigenvalue weighted by Gasteiger charge is 2.34. The molecule has 0 aromatic carbocycles. The number of carbonyl (C=O) groups excluding carboxylic acids is 8. The van der Waals surface area contributed by atoms with Gasteiger partial charge in [-0.3, -0.25) is 52.9 Å². The quantitative estimate of drug-likeness (QED) is 0.0182. The molecule has 26 heteroatoms. The van der Waals surface area contributed by atoms with Crippen molar-refractivity contribution in [3.05, 3.63) is 0 Å². The van der Waals surface area contributed by atoms with Gasteiger partial charge in [0.15, 0.2) is 5.96 Å². The highest BCUT2D eigenvalue weighted by atomic mass is 16.4. The molecule has 8 amide bonds. The number of aliphatic imine (C=N–C) groups is 1. The average molecular weight is 887 g/mol. The van der Waals surface area contributed by atoms with E-state index in [0.29, 0.717) is 0 Å². The molecule has 0 aromatic rings. The number of amides is 8. The maximum Gasteiger partial charge on any atom is 0.326 e. The molecule has 0 spiro atoms. The molecule has 7 atom stereocenters. The van der Waals surface area contributed by atoms with E-state index in [2.05, 4.69) is 42.2 Å². The molecule has 0 saturated carbocycles. The molecule has 0 aliphatic carbocycles. The van der Waals surface area contributed by atoms with E-state index in [1.54, 1.807) is 27.7 Å². The third kappa shape index (κ3) is 23.3. The second-order valence-corrected chi connectivity index (χ2v) is 15.1. The number of carboxylic acid groups (broad SMARTS) is 3. The van der Waals surface area contributed by atoms with Gasteiger partial charge in [0.2, 0.25) is 47.3 Å². The van der Waals surface area contributed by atoms with E-state index >= 15 is 0 Å². The van der Waals surface area contributed by atoms with Gasteiger partial charge in [0.05, 0.1) is 19.4 Å². The largest absolute Gasteiger partial charge is 0.481 e. The number of primary amides is 1. The summed E-state index contributed by atoms with van der Waals surface area (Å²) in [5.74, 6) is -13.0. The SMILES string of the molecule is CC(C)C[C@H](NC(=O)[C@H](C)NC(=O)[C@H](CC(=O)O)NC(=O)CN)C(=O)N[C@@H](CC(C)C)C(=O)N[C@@H](CCC(=O)O)C(=O)N[C@@H](CCCN=C(N)N)C(=O)N[C@@H](CC(N)=O)C(=O)O.